The molecule has 2 heterocycles. The average Bonchev–Trinajstić information content (AvgIpc) is 3.09. The van der Waals surface area contributed by atoms with Crippen LogP contribution < -0.4 is 10.2 Å². The largest absolute Gasteiger partial charge is 0.416 e. The van der Waals surface area contributed by atoms with E-state index in [1.165, 1.54) is 23.7 Å². The lowest BCUT2D eigenvalue weighted by Gasteiger charge is -2.22. The first-order valence-corrected chi connectivity index (χ1v) is 11.5. The topological polar surface area (TPSA) is 61.4 Å². The Bertz CT molecular complexity index is 1110. The number of urea groups is 1. The average molecular weight is 496 g/mol. The normalized spacial score (nSPS) is 14.8. The summed E-state index contributed by atoms with van der Waals surface area (Å²) in [5.41, 5.74) is 0.386. The van der Waals surface area contributed by atoms with Gasteiger partial charge < -0.3 is 15.1 Å². The summed E-state index contributed by atoms with van der Waals surface area (Å²) >= 11 is 7.24. The molecule has 0 aliphatic carbocycles. The molecule has 4 rings (SSSR count). The van der Waals surface area contributed by atoms with E-state index in [2.05, 4.69) is 19.6 Å². The molecule has 1 N–H and O–H groups in total. The molecule has 2 aromatic carbocycles. The summed E-state index contributed by atoms with van der Waals surface area (Å²) < 4.78 is 43.2. The van der Waals surface area contributed by atoms with Crippen molar-refractivity contribution in [2.75, 3.05) is 36.4 Å². The number of nitrogens with zero attached hydrogens (tertiary/aromatic N) is 4. The molecule has 0 unspecified atom stereocenters. The Balaban J connectivity index is 1.34. The molecule has 33 heavy (non-hydrogen) atoms. The van der Waals surface area contributed by atoms with Crippen molar-refractivity contribution in [1.82, 2.24) is 14.3 Å². The van der Waals surface area contributed by atoms with Gasteiger partial charge in [-0.2, -0.15) is 17.5 Å². The molecule has 11 heteroatoms. The van der Waals surface area contributed by atoms with Gasteiger partial charge in [0, 0.05) is 54.8 Å². The van der Waals surface area contributed by atoms with Gasteiger partial charge >= 0.3 is 12.2 Å². The standard InChI is InChI=1S/C22H21ClF3N5OS/c23-17-7-5-15(6-8-17)13-19-28-21(33-29-19)31-10-2-9-30(11-12-31)20(32)27-18-4-1-3-16(14-18)22(24,25)26/h1,3-8,14H,2,9-13H2,(H,27,32). The summed E-state index contributed by atoms with van der Waals surface area (Å²) in [6.45, 7) is 2.20. The van der Waals surface area contributed by atoms with E-state index in [1.54, 1.807) is 4.90 Å². The van der Waals surface area contributed by atoms with Crippen LogP contribution in [0.1, 0.15) is 23.4 Å². The zero-order valence-electron chi connectivity index (χ0n) is 17.5. The fourth-order valence-electron chi connectivity index (χ4n) is 3.52. The van der Waals surface area contributed by atoms with E-state index in [0.29, 0.717) is 44.0 Å². The Labute approximate surface area is 198 Å². The highest BCUT2D eigenvalue weighted by Gasteiger charge is 2.30. The molecule has 2 amide bonds. The van der Waals surface area contributed by atoms with Gasteiger partial charge in [-0.1, -0.05) is 29.8 Å². The van der Waals surface area contributed by atoms with Crippen molar-refractivity contribution in [3.05, 3.63) is 70.5 Å². The monoisotopic (exact) mass is 495 g/mol. The van der Waals surface area contributed by atoms with E-state index in [0.717, 1.165) is 28.7 Å². The molecule has 1 fully saturated rings. The predicted octanol–water partition coefficient (Wildman–Crippen LogP) is 5.55. The smallest absolute Gasteiger partial charge is 0.345 e. The van der Waals surface area contributed by atoms with Gasteiger partial charge in [0.2, 0.25) is 5.13 Å². The van der Waals surface area contributed by atoms with Crippen LogP contribution >= 0.6 is 23.1 Å². The second-order valence-electron chi connectivity index (χ2n) is 7.63. The fraction of sp³-hybridized carbons (Fsp3) is 0.318. The predicted molar refractivity (Wildman–Crippen MR) is 123 cm³/mol. The maximum Gasteiger partial charge on any atom is 0.416 e. The van der Waals surface area contributed by atoms with Crippen molar-refractivity contribution in [3.8, 4) is 0 Å². The highest BCUT2D eigenvalue weighted by Crippen LogP contribution is 2.30. The molecular weight excluding hydrogens is 475 g/mol. The number of carbonyl (C=O) groups excluding carboxylic acids is 1. The molecule has 6 nitrogen and oxygen atoms in total. The minimum atomic E-state index is -4.46. The SMILES string of the molecule is O=C(Nc1cccc(C(F)(F)F)c1)N1CCCN(c2nc(Cc3ccc(Cl)cc3)ns2)CC1. The van der Waals surface area contributed by atoms with E-state index in [-0.39, 0.29) is 5.69 Å². The van der Waals surface area contributed by atoms with Crippen LogP contribution in [-0.4, -0.2) is 46.5 Å². The van der Waals surface area contributed by atoms with Crippen LogP contribution in [0.5, 0.6) is 0 Å². The number of amides is 2. The Morgan fingerprint density at radius 2 is 1.88 bits per heavy atom. The molecule has 1 aromatic heterocycles. The quantitative estimate of drug-likeness (QED) is 0.516. The maximum absolute atomic E-state index is 12.9. The summed E-state index contributed by atoms with van der Waals surface area (Å²) in [5.74, 6) is 0.723. The first-order valence-electron chi connectivity index (χ1n) is 10.3. The Morgan fingerprint density at radius 3 is 2.64 bits per heavy atom. The summed E-state index contributed by atoms with van der Waals surface area (Å²) in [7, 11) is 0. The highest BCUT2D eigenvalue weighted by atomic mass is 35.5. The molecule has 174 valence electrons. The molecular formula is C22H21ClF3N5OS. The molecule has 0 atom stereocenters. The van der Waals surface area contributed by atoms with Gasteiger partial charge in [-0.25, -0.2) is 9.78 Å². The van der Waals surface area contributed by atoms with Crippen molar-refractivity contribution in [2.45, 2.75) is 19.0 Å². The number of alkyl halides is 3. The number of anilines is 2. The lowest BCUT2D eigenvalue weighted by Crippen LogP contribution is -2.38. The highest BCUT2D eigenvalue weighted by molar-refractivity contribution is 7.09. The van der Waals surface area contributed by atoms with Crippen LogP contribution in [0.15, 0.2) is 48.5 Å². The summed E-state index contributed by atoms with van der Waals surface area (Å²) in [6.07, 6.45) is -3.15. The Morgan fingerprint density at radius 1 is 1.09 bits per heavy atom. The summed E-state index contributed by atoms with van der Waals surface area (Å²) in [5, 5.41) is 4.04. The lowest BCUT2D eigenvalue weighted by atomic mass is 10.1. The molecule has 0 bridgehead atoms. The lowest BCUT2D eigenvalue weighted by molar-refractivity contribution is -0.137. The first-order chi connectivity index (χ1) is 15.8. The molecule has 1 saturated heterocycles. The van der Waals surface area contributed by atoms with Gasteiger partial charge in [-0.05, 0) is 42.3 Å². The van der Waals surface area contributed by atoms with Crippen molar-refractivity contribution < 1.29 is 18.0 Å². The molecule has 0 spiro atoms. The fourth-order valence-corrected chi connectivity index (χ4v) is 4.38. The van der Waals surface area contributed by atoms with Gasteiger partial charge in [-0.3, -0.25) is 0 Å². The third kappa shape index (κ3) is 6.14. The van der Waals surface area contributed by atoms with Crippen molar-refractivity contribution in [2.24, 2.45) is 0 Å². The maximum atomic E-state index is 12.9. The number of aromatic nitrogens is 2. The minimum Gasteiger partial charge on any atom is -0.345 e. The van der Waals surface area contributed by atoms with Gasteiger partial charge in [0.15, 0.2) is 0 Å². The number of hydrogen-bond acceptors (Lipinski definition) is 5. The van der Waals surface area contributed by atoms with Crippen LogP contribution in [0.2, 0.25) is 5.02 Å². The molecule has 1 aliphatic heterocycles. The third-order valence-corrected chi connectivity index (χ3v) is 6.29. The second-order valence-corrected chi connectivity index (χ2v) is 8.80. The Kier molecular flexibility index (Phi) is 7.04. The van der Waals surface area contributed by atoms with Crippen molar-refractivity contribution in [3.63, 3.8) is 0 Å². The molecule has 0 radical (unpaired) electrons. The minimum absolute atomic E-state index is 0.117. The van der Waals surface area contributed by atoms with Crippen LogP contribution in [0.3, 0.4) is 0 Å². The van der Waals surface area contributed by atoms with Crippen LogP contribution in [0.25, 0.3) is 0 Å². The van der Waals surface area contributed by atoms with E-state index in [4.69, 9.17) is 11.6 Å². The number of benzene rings is 2. The summed E-state index contributed by atoms with van der Waals surface area (Å²) in [6, 6.07) is 11.8. The van der Waals surface area contributed by atoms with E-state index < -0.39 is 17.8 Å². The van der Waals surface area contributed by atoms with Crippen LogP contribution in [0, 0.1) is 0 Å². The summed E-state index contributed by atoms with van der Waals surface area (Å²) in [4.78, 5) is 21.0. The Hall–Kier alpha value is -2.85. The number of nitrogens with one attached hydrogen (secondary N) is 1. The third-order valence-electron chi connectivity index (χ3n) is 5.23. The van der Waals surface area contributed by atoms with Gasteiger partial charge in [0.05, 0.1) is 5.56 Å². The van der Waals surface area contributed by atoms with Crippen LogP contribution in [0.4, 0.5) is 28.8 Å². The van der Waals surface area contributed by atoms with E-state index in [1.807, 2.05) is 24.3 Å². The second kappa shape index (κ2) is 9.96. The number of hydrogen-bond donors (Lipinski definition) is 1. The molecule has 3 aromatic rings. The first kappa shape index (κ1) is 23.3. The van der Waals surface area contributed by atoms with E-state index >= 15 is 0 Å². The number of carbonyl (C=O) groups is 1. The van der Waals surface area contributed by atoms with Crippen LogP contribution in [-0.2, 0) is 12.6 Å². The number of halogens is 4. The van der Waals surface area contributed by atoms with E-state index in [9.17, 15) is 18.0 Å². The van der Waals surface area contributed by atoms with Gasteiger partial charge in [0.25, 0.3) is 0 Å². The molecule has 1 aliphatic rings. The van der Waals surface area contributed by atoms with Crippen molar-refractivity contribution in [1.29, 1.82) is 0 Å². The zero-order valence-corrected chi connectivity index (χ0v) is 19.1. The number of rotatable bonds is 4. The van der Waals surface area contributed by atoms with Crippen molar-refractivity contribution >= 4 is 40.0 Å². The van der Waals surface area contributed by atoms with Gasteiger partial charge in [0.1, 0.15) is 5.82 Å². The molecule has 0 saturated carbocycles. The van der Waals surface area contributed by atoms with Gasteiger partial charge in [-0.15, -0.1) is 0 Å². The zero-order chi connectivity index (χ0) is 23.4.